The van der Waals surface area contributed by atoms with E-state index in [-0.39, 0.29) is 5.91 Å². The number of carbonyl (C=O) groups excluding carboxylic acids is 1. The van der Waals surface area contributed by atoms with Crippen LogP contribution in [0.25, 0.3) is 17.1 Å². The minimum Gasteiger partial charge on any atom is -0.308 e. The van der Waals surface area contributed by atoms with Crippen LogP contribution in [0.5, 0.6) is 0 Å². The van der Waals surface area contributed by atoms with Crippen LogP contribution in [0.1, 0.15) is 5.56 Å². The molecule has 1 aliphatic rings. The van der Waals surface area contributed by atoms with Gasteiger partial charge in [0.2, 0.25) is 5.95 Å². The van der Waals surface area contributed by atoms with Gasteiger partial charge in [0.1, 0.15) is 0 Å². The highest BCUT2D eigenvalue weighted by Gasteiger charge is 2.26. The van der Waals surface area contributed by atoms with Gasteiger partial charge in [-0.15, -0.1) is 0 Å². The molecule has 1 aliphatic heterocycles. The molecule has 2 heterocycles. The van der Waals surface area contributed by atoms with E-state index in [9.17, 15) is 4.79 Å². The van der Waals surface area contributed by atoms with Crippen molar-refractivity contribution in [1.29, 1.82) is 0 Å². The fourth-order valence-electron chi connectivity index (χ4n) is 2.82. The van der Waals surface area contributed by atoms with Gasteiger partial charge in [0, 0.05) is 19.2 Å². The summed E-state index contributed by atoms with van der Waals surface area (Å²) in [5.41, 5.74) is 3.03. The third kappa shape index (κ3) is 2.09. The summed E-state index contributed by atoms with van der Waals surface area (Å²) in [7, 11) is 0. The number of hydrogen-bond donors (Lipinski definition) is 0. The highest BCUT2D eigenvalue weighted by atomic mass is 16.2. The van der Waals surface area contributed by atoms with Crippen molar-refractivity contribution in [2.45, 2.75) is 6.54 Å². The molecule has 0 radical (unpaired) electrons. The quantitative estimate of drug-likeness (QED) is 0.680. The first-order chi connectivity index (χ1) is 10.8. The summed E-state index contributed by atoms with van der Waals surface area (Å²) in [5.74, 6) is 0.710. The van der Waals surface area contributed by atoms with Crippen LogP contribution in [0.2, 0.25) is 0 Å². The molecule has 108 valence electrons. The summed E-state index contributed by atoms with van der Waals surface area (Å²) in [4.78, 5) is 18.8. The van der Waals surface area contributed by atoms with Crippen LogP contribution in [-0.2, 0) is 11.3 Å². The Bertz CT molecular complexity index is 864. The van der Waals surface area contributed by atoms with Crippen LogP contribution in [0, 0.1) is 0 Å². The van der Waals surface area contributed by atoms with Crippen LogP contribution in [-0.4, -0.2) is 22.0 Å². The standard InChI is InChI=1S/C18H15N3O/c22-17(11-10-14-6-2-1-3-7-14)21-13-12-20-16-9-5-4-8-15(16)19-18(20)21/h1-11H,12-13H2/b11-10+. The average Bonchev–Trinajstić information content (AvgIpc) is 3.12. The highest BCUT2D eigenvalue weighted by molar-refractivity contribution is 6.04. The summed E-state index contributed by atoms with van der Waals surface area (Å²) in [6.45, 7) is 1.46. The van der Waals surface area contributed by atoms with Crippen molar-refractivity contribution in [1.82, 2.24) is 9.55 Å². The number of aromatic nitrogens is 2. The second-order valence-corrected chi connectivity index (χ2v) is 5.29. The van der Waals surface area contributed by atoms with E-state index in [1.165, 1.54) is 0 Å². The maximum absolute atomic E-state index is 12.4. The molecule has 0 aliphatic carbocycles. The maximum atomic E-state index is 12.4. The first kappa shape index (κ1) is 12.8. The smallest absolute Gasteiger partial charge is 0.253 e. The van der Waals surface area contributed by atoms with E-state index in [0.29, 0.717) is 6.54 Å². The van der Waals surface area contributed by atoms with Crippen molar-refractivity contribution in [2.24, 2.45) is 0 Å². The molecule has 0 N–H and O–H groups in total. The molecule has 2 aromatic carbocycles. The van der Waals surface area contributed by atoms with Crippen molar-refractivity contribution in [3.8, 4) is 0 Å². The van der Waals surface area contributed by atoms with Crippen LogP contribution in [0.3, 0.4) is 0 Å². The Balaban J connectivity index is 1.63. The molecule has 0 atom stereocenters. The number of benzene rings is 2. The van der Waals surface area contributed by atoms with Gasteiger partial charge in [-0.3, -0.25) is 9.69 Å². The van der Waals surface area contributed by atoms with Crippen molar-refractivity contribution < 1.29 is 4.79 Å². The summed E-state index contributed by atoms with van der Waals surface area (Å²) in [6.07, 6.45) is 3.46. The van der Waals surface area contributed by atoms with E-state index < -0.39 is 0 Å². The third-order valence-corrected chi connectivity index (χ3v) is 3.91. The number of carbonyl (C=O) groups is 1. The van der Waals surface area contributed by atoms with Gasteiger partial charge in [-0.1, -0.05) is 42.5 Å². The molecule has 0 saturated carbocycles. The number of rotatable bonds is 2. The van der Waals surface area contributed by atoms with Gasteiger partial charge < -0.3 is 4.57 Å². The molecule has 1 amide bonds. The monoisotopic (exact) mass is 289 g/mol. The number of fused-ring (bicyclic) bond motifs is 3. The molecular weight excluding hydrogens is 274 g/mol. The lowest BCUT2D eigenvalue weighted by atomic mass is 10.2. The molecule has 0 bridgehead atoms. The zero-order chi connectivity index (χ0) is 14.9. The van der Waals surface area contributed by atoms with Gasteiger partial charge in [0.25, 0.3) is 5.91 Å². The number of para-hydroxylation sites is 2. The first-order valence-corrected chi connectivity index (χ1v) is 7.33. The highest BCUT2D eigenvalue weighted by Crippen LogP contribution is 2.27. The summed E-state index contributed by atoms with van der Waals surface area (Å²) in [5, 5.41) is 0. The van der Waals surface area contributed by atoms with Gasteiger partial charge in [-0.05, 0) is 23.8 Å². The Labute approximate surface area is 128 Å². The Morgan fingerprint density at radius 1 is 1.00 bits per heavy atom. The zero-order valence-corrected chi connectivity index (χ0v) is 12.0. The van der Waals surface area contributed by atoms with Gasteiger partial charge in [0.05, 0.1) is 11.0 Å². The molecule has 4 heteroatoms. The van der Waals surface area contributed by atoms with E-state index in [2.05, 4.69) is 9.55 Å². The Morgan fingerprint density at radius 2 is 1.77 bits per heavy atom. The Kier molecular flexibility index (Phi) is 3.00. The van der Waals surface area contributed by atoms with Crippen LogP contribution in [0.15, 0.2) is 60.7 Å². The first-order valence-electron chi connectivity index (χ1n) is 7.33. The van der Waals surface area contributed by atoms with Crippen LogP contribution >= 0.6 is 0 Å². The molecule has 4 rings (SSSR count). The minimum atomic E-state index is -0.0297. The van der Waals surface area contributed by atoms with Gasteiger partial charge in [-0.25, -0.2) is 4.98 Å². The molecule has 1 aromatic heterocycles. The molecule has 22 heavy (non-hydrogen) atoms. The van der Waals surface area contributed by atoms with Gasteiger partial charge in [-0.2, -0.15) is 0 Å². The number of nitrogens with zero attached hydrogens (tertiary/aromatic N) is 3. The fraction of sp³-hybridized carbons (Fsp3) is 0.111. The number of imidazole rings is 1. The molecule has 0 spiro atoms. The van der Waals surface area contributed by atoms with E-state index in [0.717, 1.165) is 29.1 Å². The zero-order valence-electron chi connectivity index (χ0n) is 12.0. The van der Waals surface area contributed by atoms with Crippen LogP contribution < -0.4 is 4.90 Å². The molecule has 3 aromatic rings. The number of amides is 1. The van der Waals surface area contributed by atoms with E-state index >= 15 is 0 Å². The van der Waals surface area contributed by atoms with Crippen molar-refractivity contribution in [3.05, 3.63) is 66.2 Å². The largest absolute Gasteiger partial charge is 0.308 e. The van der Waals surface area contributed by atoms with E-state index in [4.69, 9.17) is 0 Å². The maximum Gasteiger partial charge on any atom is 0.253 e. The van der Waals surface area contributed by atoms with Crippen molar-refractivity contribution in [2.75, 3.05) is 11.4 Å². The van der Waals surface area contributed by atoms with Gasteiger partial charge in [0.15, 0.2) is 0 Å². The molecule has 0 fully saturated rings. The van der Waals surface area contributed by atoms with Gasteiger partial charge >= 0.3 is 0 Å². The lowest BCUT2D eigenvalue weighted by Crippen LogP contribution is -2.27. The topological polar surface area (TPSA) is 38.1 Å². The normalized spacial score (nSPS) is 13.9. The summed E-state index contributed by atoms with van der Waals surface area (Å²) < 4.78 is 2.10. The third-order valence-electron chi connectivity index (χ3n) is 3.91. The predicted octanol–water partition coefficient (Wildman–Crippen LogP) is 3.10. The predicted molar refractivity (Wildman–Crippen MR) is 87.6 cm³/mol. The van der Waals surface area contributed by atoms with Crippen molar-refractivity contribution in [3.63, 3.8) is 0 Å². The summed E-state index contributed by atoms with van der Waals surface area (Å²) in [6, 6.07) is 17.8. The lowest BCUT2D eigenvalue weighted by molar-refractivity contribution is -0.114. The van der Waals surface area contributed by atoms with E-state index in [1.807, 2.05) is 60.7 Å². The molecule has 0 saturated heterocycles. The lowest BCUT2D eigenvalue weighted by Gasteiger charge is -2.10. The second kappa shape index (κ2) is 5.15. The van der Waals surface area contributed by atoms with Crippen molar-refractivity contribution >= 4 is 29.0 Å². The Hall–Kier alpha value is -2.88. The fourth-order valence-corrected chi connectivity index (χ4v) is 2.82. The molecular formula is C18H15N3O. The summed E-state index contributed by atoms with van der Waals surface area (Å²) >= 11 is 0. The van der Waals surface area contributed by atoms with E-state index in [1.54, 1.807) is 11.0 Å². The number of hydrogen-bond acceptors (Lipinski definition) is 2. The Morgan fingerprint density at radius 3 is 2.64 bits per heavy atom. The molecule has 4 nitrogen and oxygen atoms in total. The SMILES string of the molecule is O=C(/C=C/c1ccccc1)N1CCn2c1nc1ccccc12. The molecule has 0 unspecified atom stereocenters. The number of anilines is 1. The average molecular weight is 289 g/mol. The second-order valence-electron chi connectivity index (χ2n) is 5.29. The minimum absolute atomic E-state index is 0.0297. The van der Waals surface area contributed by atoms with Crippen LogP contribution in [0.4, 0.5) is 5.95 Å².